The molecule has 0 saturated heterocycles. The van der Waals surface area contributed by atoms with Gasteiger partial charge in [-0.05, 0) is 37.1 Å². The van der Waals surface area contributed by atoms with Gasteiger partial charge < -0.3 is 0 Å². The molecule has 4 aromatic heterocycles. The molecule has 0 aliphatic heterocycles. The highest BCUT2D eigenvalue weighted by Crippen LogP contribution is 2.35. The molecular formula is C20H19N5O. The zero-order valence-electron chi connectivity index (χ0n) is 14.9. The van der Waals surface area contributed by atoms with Gasteiger partial charge in [-0.1, -0.05) is 19.9 Å². The highest BCUT2D eigenvalue weighted by molar-refractivity contribution is 5.82. The van der Waals surface area contributed by atoms with Crippen LogP contribution >= 0.6 is 0 Å². The van der Waals surface area contributed by atoms with Crippen LogP contribution < -0.4 is 0 Å². The molecule has 6 nitrogen and oxygen atoms in total. The van der Waals surface area contributed by atoms with Gasteiger partial charge in [0, 0.05) is 28.7 Å². The molecule has 130 valence electrons. The third kappa shape index (κ3) is 2.60. The minimum Gasteiger partial charge on any atom is -0.297 e. The second kappa shape index (κ2) is 6.22. The molecule has 0 fully saturated rings. The number of fused-ring (bicyclic) bond motifs is 1. The van der Waals surface area contributed by atoms with Gasteiger partial charge in [-0.15, -0.1) is 0 Å². The van der Waals surface area contributed by atoms with Crippen LogP contribution in [0, 0.1) is 6.92 Å². The van der Waals surface area contributed by atoms with Crippen LogP contribution in [0.15, 0.2) is 42.7 Å². The van der Waals surface area contributed by atoms with Gasteiger partial charge in [-0.25, -0.2) is 4.98 Å². The minimum absolute atomic E-state index is 0.264. The Kier molecular flexibility index (Phi) is 3.88. The number of aromatic amines is 1. The van der Waals surface area contributed by atoms with Crippen molar-refractivity contribution in [2.75, 3.05) is 0 Å². The van der Waals surface area contributed by atoms with E-state index in [0.29, 0.717) is 5.69 Å². The molecule has 4 rings (SSSR count). The molecule has 0 saturated carbocycles. The lowest BCUT2D eigenvalue weighted by molar-refractivity contribution is 0.111. The molecule has 26 heavy (non-hydrogen) atoms. The van der Waals surface area contributed by atoms with Gasteiger partial charge in [0.1, 0.15) is 17.0 Å². The highest BCUT2D eigenvalue weighted by Gasteiger charge is 2.20. The first-order valence-electron chi connectivity index (χ1n) is 8.53. The van der Waals surface area contributed by atoms with Crippen molar-refractivity contribution < 1.29 is 4.79 Å². The predicted octanol–water partition coefficient (Wildman–Crippen LogP) is 4.03. The summed E-state index contributed by atoms with van der Waals surface area (Å²) in [5.74, 6) is 0.264. The van der Waals surface area contributed by atoms with E-state index in [2.05, 4.69) is 34.0 Å². The largest absolute Gasteiger partial charge is 0.297 e. The molecule has 0 bridgehead atoms. The van der Waals surface area contributed by atoms with Crippen LogP contribution in [0.4, 0.5) is 0 Å². The number of nitrogens with zero attached hydrogens (tertiary/aromatic N) is 4. The van der Waals surface area contributed by atoms with Crippen molar-refractivity contribution in [2.24, 2.45) is 0 Å². The molecule has 0 radical (unpaired) electrons. The van der Waals surface area contributed by atoms with Crippen LogP contribution in [-0.2, 0) is 0 Å². The lowest BCUT2D eigenvalue weighted by atomic mass is 9.97. The van der Waals surface area contributed by atoms with Gasteiger partial charge in [0.2, 0.25) is 0 Å². The van der Waals surface area contributed by atoms with Crippen molar-refractivity contribution in [2.45, 2.75) is 26.7 Å². The van der Waals surface area contributed by atoms with Gasteiger partial charge in [-0.3, -0.25) is 19.3 Å². The monoisotopic (exact) mass is 345 g/mol. The van der Waals surface area contributed by atoms with E-state index in [1.54, 1.807) is 10.6 Å². The molecule has 0 aliphatic rings. The number of pyridine rings is 2. The quantitative estimate of drug-likeness (QED) is 0.567. The normalized spacial score (nSPS) is 11.4. The minimum atomic E-state index is 0.264. The van der Waals surface area contributed by atoms with E-state index in [1.165, 1.54) is 0 Å². The molecule has 4 aromatic rings. The molecular weight excluding hydrogens is 326 g/mol. The Labute approximate surface area is 150 Å². The van der Waals surface area contributed by atoms with Crippen LogP contribution in [0.2, 0.25) is 0 Å². The number of imidazole rings is 1. The maximum absolute atomic E-state index is 11.3. The third-order valence-electron chi connectivity index (χ3n) is 4.45. The number of nitrogens with one attached hydrogen (secondary N) is 1. The summed E-state index contributed by atoms with van der Waals surface area (Å²) in [6.45, 7) is 6.21. The fourth-order valence-electron chi connectivity index (χ4n) is 3.16. The SMILES string of the molecule is Cc1cccc(-c2n[nH]c(C(C)C)c2-c2ccc3ncc(C=O)n3c2)n1. The summed E-state index contributed by atoms with van der Waals surface area (Å²) in [5, 5.41) is 7.73. The number of aryl methyl sites for hydroxylation is 1. The van der Waals surface area contributed by atoms with Crippen molar-refractivity contribution in [1.29, 1.82) is 0 Å². The van der Waals surface area contributed by atoms with Gasteiger partial charge >= 0.3 is 0 Å². The van der Waals surface area contributed by atoms with E-state index >= 15 is 0 Å². The van der Waals surface area contributed by atoms with Gasteiger partial charge in [0.05, 0.1) is 11.9 Å². The van der Waals surface area contributed by atoms with Crippen LogP contribution in [-0.4, -0.2) is 30.9 Å². The Morgan fingerprint density at radius 1 is 1.19 bits per heavy atom. The summed E-state index contributed by atoms with van der Waals surface area (Å²) in [6, 6.07) is 9.82. The average Bonchev–Trinajstić information content (AvgIpc) is 3.25. The summed E-state index contributed by atoms with van der Waals surface area (Å²) in [5.41, 5.74) is 6.84. The standard InChI is InChI=1S/C20H19N5O/c1-12(2)19-18(20(24-23-19)16-6-4-5-13(3)22-16)14-7-8-17-21-9-15(11-26)25(17)10-14/h4-12H,1-3H3,(H,23,24). The molecule has 0 spiro atoms. The number of hydrogen-bond acceptors (Lipinski definition) is 4. The molecule has 6 heteroatoms. The number of aldehydes is 1. The van der Waals surface area contributed by atoms with Crippen molar-refractivity contribution in [3.05, 3.63) is 59.8 Å². The van der Waals surface area contributed by atoms with Crippen molar-refractivity contribution in [1.82, 2.24) is 24.6 Å². The van der Waals surface area contributed by atoms with Crippen LogP contribution in [0.1, 0.15) is 41.6 Å². The number of aromatic nitrogens is 5. The fourth-order valence-corrected chi connectivity index (χ4v) is 3.16. The second-order valence-corrected chi connectivity index (χ2v) is 6.63. The fraction of sp³-hybridized carbons (Fsp3) is 0.200. The van der Waals surface area contributed by atoms with E-state index in [4.69, 9.17) is 0 Å². The van der Waals surface area contributed by atoms with Gasteiger partial charge in [0.15, 0.2) is 6.29 Å². The van der Waals surface area contributed by atoms with Crippen molar-refractivity contribution in [3.8, 4) is 22.5 Å². The Bertz CT molecular complexity index is 1110. The maximum Gasteiger partial charge on any atom is 0.168 e. The average molecular weight is 345 g/mol. The summed E-state index contributed by atoms with van der Waals surface area (Å²) < 4.78 is 1.80. The zero-order valence-corrected chi connectivity index (χ0v) is 14.9. The summed E-state index contributed by atoms with van der Waals surface area (Å²) >= 11 is 0. The number of carbonyl (C=O) groups excluding carboxylic acids is 1. The molecule has 0 unspecified atom stereocenters. The van der Waals surface area contributed by atoms with Crippen molar-refractivity contribution in [3.63, 3.8) is 0 Å². The molecule has 0 amide bonds. The molecule has 1 N–H and O–H groups in total. The first-order valence-corrected chi connectivity index (χ1v) is 8.53. The first-order chi connectivity index (χ1) is 12.6. The van der Waals surface area contributed by atoms with Crippen LogP contribution in [0.25, 0.3) is 28.2 Å². The van der Waals surface area contributed by atoms with E-state index in [-0.39, 0.29) is 5.92 Å². The van der Waals surface area contributed by atoms with Gasteiger partial charge in [0.25, 0.3) is 0 Å². The van der Waals surface area contributed by atoms with Crippen LogP contribution in [0.3, 0.4) is 0 Å². The van der Waals surface area contributed by atoms with E-state index in [0.717, 1.165) is 45.8 Å². The number of carbonyl (C=O) groups is 1. The van der Waals surface area contributed by atoms with E-state index < -0.39 is 0 Å². The molecule has 0 aliphatic carbocycles. The molecule has 0 aromatic carbocycles. The third-order valence-corrected chi connectivity index (χ3v) is 4.45. The Hall–Kier alpha value is -3.28. The maximum atomic E-state index is 11.3. The van der Waals surface area contributed by atoms with Crippen LogP contribution in [0.5, 0.6) is 0 Å². The van der Waals surface area contributed by atoms with Gasteiger partial charge in [-0.2, -0.15) is 5.10 Å². The Balaban J connectivity index is 1.98. The number of H-pyrrole nitrogens is 1. The smallest absolute Gasteiger partial charge is 0.168 e. The molecule has 0 atom stereocenters. The lowest BCUT2D eigenvalue weighted by Gasteiger charge is -2.10. The Morgan fingerprint density at radius 2 is 2.04 bits per heavy atom. The van der Waals surface area contributed by atoms with E-state index in [9.17, 15) is 4.79 Å². The Morgan fingerprint density at radius 3 is 2.77 bits per heavy atom. The van der Waals surface area contributed by atoms with E-state index in [1.807, 2.05) is 43.5 Å². The predicted molar refractivity (Wildman–Crippen MR) is 100 cm³/mol. The first kappa shape index (κ1) is 16.2. The van der Waals surface area contributed by atoms with Crippen molar-refractivity contribution >= 4 is 11.9 Å². The number of hydrogen-bond donors (Lipinski definition) is 1. The zero-order chi connectivity index (χ0) is 18.3. The molecule has 4 heterocycles. The highest BCUT2D eigenvalue weighted by atomic mass is 16.1. The summed E-state index contributed by atoms with van der Waals surface area (Å²) in [4.78, 5) is 20.2. The lowest BCUT2D eigenvalue weighted by Crippen LogP contribution is -1.96. The topological polar surface area (TPSA) is 75.9 Å². The summed E-state index contributed by atoms with van der Waals surface area (Å²) in [6.07, 6.45) is 4.32. The number of rotatable bonds is 4. The second-order valence-electron chi connectivity index (χ2n) is 6.63. The summed E-state index contributed by atoms with van der Waals surface area (Å²) in [7, 11) is 0.